The summed E-state index contributed by atoms with van der Waals surface area (Å²) in [7, 11) is -0.520. The first-order valence-electron chi connectivity index (χ1n) is 12.0. The second-order valence-corrected chi connectivity index (χ2v) is 16.0. The van der Waals surface area contributed by atoms with Gasteiger partial charge < -0.3 is 13.8 Å². The molecule has 0 amide bonds. The second-order valence-electron chi connectivity index (χ2n) is 9.32. The van der Waals surface area contributed by atoms with Crippen molar-refractivity contribution >= 4 is 17.6 Å². The predicted octanol–water partition coefficient (Wildman–Crippen LogP) is 8.57. The SMILES string of the molecule is [CH2-]C(CC)CCCCCC[SiH](C)C.[CH2-]C(CC)CCCCCC[SiH](C)C.[Zn+2]. The molecule has 0 aliphatic carbocycles. The summed E-state index contributed by atoms with van der Waals surface area (Å²) in [4.78, 5) is 0. The summed E-state index contributed by atoms with van der Waals surface area (Å²) in [6.07, 6.45) is 16.8. The molecule has 2 atom stereocenters. The molecule has 0 aromatic heterocycles. The van der Waals surface area contributed by atoms with Gasteiger partial charge >= 0.3 is 19.5 Å². The van der Waals surface area contributed by atoms with Crippen molar-refractivity contribution < 1.29 is 19.5 Å². The van der Waals surface area contributed by atoms with Crippen LogP contribution in [0.4, 0.5) is 0 Å². The zero-order valence-electron chi connectivity index (χ0n) is 20.3. The van der Waals surface area contributed by atoms with Crippen molar-refractivity contribution in [3.8, 4) is 0 Å². The summed E-state index contributed by atoms with van der Waals surface area (Å²) in [5, 5.41) is 0. The Hall–Kier alpha value is 1.06. The zero-order chi connectivity index (χ0) is 20.2. The summed E-state index contributed by atoms with van der Waals surface area (Å²) in [6.45, 7) is 22.5. The van der Waals surface area contributed by atoms with Crippen LogP contribution in [0, 0.1) is 25.7 Å². The van der Waals surface area contributed by atoms with Gasteiger partial charge in [-0.1, -0.05) is 129 Å². The fourth-order valence-corrected chi connectivity index (χ4v) is 5.30. The molecule has 0 rings (SSSR count). The molecule has 0 aromatic rings. The van der Waals surface area contributed by atoms with Gasteiger partial charge in [-0.15, -0.1) is 0 Å². The van der Waals surface area contributed by atoms with Gasteiger partial charge in [-0.2, -0.15) is 11.8 Å². The second kappa shape index (κ2) is 25.1. The minimum Gasteiger partial charge on any atom is -0.340 e. The molecule has 0 radical (unpaired) electrons. The Kier molecular flexibility index (Phi) is 30.4. The summed E-state index contributed by atoms with van der Waals surface area (Å²) >= 11 is 0. The molecule has 0 nitrogen and oxygen atoms in total. The van der Waals surface area contributed by atoms with Crippen molar-refractivity contribution in [1.82, 2.24) is 0 Å². The van der Waals surface area contributed by atoms with Gasteiger partial charge in [0.2, 0.25) is 0 Å². The van der Waals surface area contributed by atoms with Crippen LogP contribution in [-0.2, 0) is 19.5 Å². The van der Waals surface area contributed by atoms with Crippen molar-refractivity contribution in [3.05, 3.63) is 13.8 Å². The van der Waals surface area contributed by atoms with Crippen molar-refractivity contribution in [3.63, 3.8) is 0 Å². The maximum atomic E-state index is 4.11. The van der Waals surface area contributed by atoms with E-state index in [4.69, 9.17) is 0 Å². The standard InChI is InChI=1S/2C12H27Si.Zn/c2*1-5-12(2)10-8-6-7-9-11-13(3)4;/h2*12-13H,2,5-11H2,1,3-4H3;/q2*-1;+2. The Morgan fingerprint density at radius 1 is 0.556 bits per heavy atom. The third-order valence-electron chi connectivity index (χ3n) is 5.44. The van der Waals surface area contributed by atoms with E-state index >= 15 is 0 Å². The number of rotatable bonds is 16. The fourth-order valence-electron chi connectivity index (χ4n) is 3.09. The van der Waals surface area contributed by atoms with Gasteiger partial charge in [-0.3, -0.25) is 0 Å². The van der Waals surface area contributed by atoms with Crippen molar-refractivity contribution in [2.75, 3.05) is 0 Å². The van der Waals surface area contributed by atoms with Crippen LogP contribution in [0.15, 0.2) is 0 Å². The summed E-state index contributed by atoms with van der Waals surface area (Å²) in [5.41, 5.74) is 0. The molecular weight excluding hydrogens is 410 g/mol. The third kappa shape index (κ3) is 32.0. The van der Waals surface area contributed by atoms with Crippen LogP contribution in [0.5, 0.6) is 0 Å². The molecule has 0 heterocycles. The van der Waals surface area contributed by atoms with Crippen LogP contribution in [0.3, 0.4) is 0 Å². The maximum Gasteiger partial charge on any atom is 2.00 e. The molecule has 0 aliphatic rings. The molecule has 0 N–H and O–H groups in total. The van der Waals surface area contributed by atoms with Gasteiger partial charge in [0, 0.05) is 17.6 Å². The van der Waals surface area contributed by atoms with E-state index in [1.54, 1.807) is 12.1 Å². The Labute approximate surface area is 191 Å². The average molecular weight is 464 g/mol. The topological polar surface area (TPSA) is 0 Å². The van der Waals surface area contributed by atoms with Crippen molar-refractivity contribution in [1.29, 1.82) is 0 Å². The zero-order valence-corrected chi connectivity index (χ0v) is 25.6. The van der Waals surface area contributed by atoms with Crippen LogP contribution in [0.1, 0.15) is 90.9 Å². The van der Waals surface area contributed by atoms with Gasteiger partial charge in [-0.05, 0) is 0 Å². The summed E-state index contributed by atoms with van der Waals surface area (Å²) < 4.78 is 0. The van der Waals surface area contributed by atoms with E-state index in [2.05, 4.69) is 53.9 Å². The largest absolute Gasteiger partial charge is 2.00 e. The van der Waals surface area contributed by atoms with Gasteiger partial charge in [0.1, 0.15) is 0 Å². The maximum absolute atomic E-state index is 4.11. The van der Waals surface area contributed by atoms with Crippen LogP contribution in [-0.4, -0.2) is 17.6 Å². The van der Waals surface area contributed by atoms with Crippen LogP contribution in [0.25, 0.3) is 0 Å². The van der Waals surface area contributed by atoms with Crippen LogP contribution in [0.2, 0.25) is 38.3 Å². The Morgan fingerprint density at radius 2 is 0.852 bits per heavy atom. The molecular formula is C24H54Si2Zn. The Balaban J connectivity index is -0.000000411. The number of unbranched alkanes of at least 4 members (excludes halogenated alkanes) is 6. The van der Waals surface area contributed by atoms with Gasteiger partial charge in [0.05, 0.1) is 0 Å². The Morgan fingerprint density at radius 3 is 1.11 bits per heavy atom. The minimum atomic E-state index is -0.260. The molecule has 27 heavy (non-hydrogen) atoms. The summed E-state index contributed by atoms with van der Waals surface area (Å²) in [6, 6.07) is 3.09. The van der Waals surface area contributed by atoms with E-state index in [9.17, 15) is 0 Å². The predicted molar refractivity (Wildman–Crippen MR) is 132 cm³/mol. The van der Waals surface area contributed by atoms with Crippen molar-refractivity contribution in [2.45, 2.75) is 129 Å². The normalized spacial score (nSPS) is 13.1. The third-order valence-corrected chi connectivity index (χ3v) is 8.57. The van der Waals surface area contributed by atoms with E-state index in [1.165, 1.54) is 77.0 Å². The van der Waals surface area contributed by atoms with Gasteiger partial charge in [0.15, 0.2) is 0 Å². The molecule has 0 aromatic carbocycles. The molecule has 0 fully saturated rings. The molecule has 3 heteroatoms. The Bertz CT molecular complexity index is 231. The van der Waals surface area contributed by atoms with E-state index in [0.717, 1.165) is 0 Å². The number of hydrogen-bond acceptors (Lipinski definition) is 0. The molecule has 0 bridgehead atoms. The van der Waals surface area contributed by atoms with E-state index in [-0.39, 0.29) is 37.1 Å². The van der Waals surface area contributed by atoms with Crippen LogP contribution < -0.4 is 0 Å². The summed E-state index contributed by atoms with van der Waals surface area (Å²) in [5.74, 6) is 1.42. The first-order valence-corrected chi connectivity index (χ1v) is 18.2. The average Bonchev–Trinajstić information content (AvgIpc) is 2.60. The van der Waals surface area contributed by atoms with Crippen molar-refractivity contribution in [2.24, 2.45) is 11.8 Å². The van der Waals surface area contributed by atoms with Gasteiger partial charge in [0.25, 0.3) is 0 Å². The number of hydrogen-bond donors (Lipinski definition) is 0. The van der Waals surface area contributed by atoms with E-state index in [1.807, 2.05) is 0 Å². The first kappa shape index (κ1) is 32.7. The van der Waals surface area contributed by atoms with Crippen LogP contribution >= 0.6 is 0 Å². The monoisotopic (exact) mass is 462 g/mol. The van der Waals surface area contributed by atoms with E-state index in [0.29, 0.717) is 11.8 Å². The minimum absolute atomic E-state index is 0. The fraction of sp³-hybridized carbons (Fsp3) is 0.917. The quantitative estimate of drug-likeness (QED) is 0.122. The molecule has 0 saturated carbocycles. The first-order chi connectivity index (χ1) is 12.3. The van der Waals surface area contributed by atoms with Gasteiger partial charge in [-0.25, -0.2) is 0 Å². The molecule has 0 saturated heterocycles. The van der Waals surface area contributed by atoms with E-state index < -0.39 is 0 Å². The molecule has 0 aliphatic heterocycles. The smallest absolute Gasteiger partial charge is 0.340 e. The molecule has 2 unspecified atom stereocenters. The molecule has 0 spiro atoms. The molecule has 160 valence electrons.